The first-order valence-corrected chi connectivity index (χ1v) is 6.04. The molecule has 0 saturated heterocycles. The van der Waals surface area contributed by atoms with Crippen LogP contribution in [0.2, 0.25) is 0 Å². The molecule has 0 atom stereocenters. The van der Waals surface area contributed by atoms with Gasteiger partial charge in [0.15, 0.2) is 0 Å². The van der Waals surface area contributed by atoms with Crippen molar-refractivity contribution < 1.29 is 9.90 Å². The molecule has 2 aromatic heterocycles. The van der Waals surface area contributed by atoms with E-state index in [0.717, 1.165) is 18.7 Å². The van der Waals surface area contributed by atoms with Crippen LogP contribution in [0.5, 0.6) is 0 Å². The Balaban J connectivity index is 1.80. The molecule has 0 amide bonds. The fourth-order valence-electron chi connectivity index (χ4n) is 1.69. The SMILES string of the molecule is O=C(O)c1cccc(CNCCc2cccnc2)n1. The number of aromatic nitrogens is 2. The molecule has 2 aromatic rings. The third-order valence-corrected chi connectivity index (χ3v) is 2.65. The largest absolute Gasteiger partial charge is 0.477 e. The molecule has 2 rings (SSSR count). The lowest BCUT2D eigenvalue weighted by Gasteiger charge is -2.05. The third kappa shape index (κ3) is 4.15. The van der Waals surface area contributed by atoms with Crippen molar-refractivity contribution in [2.24, 2.45) is 0 Å². The number of aromatic carboxylic acids is 1. The highest BCUT2D eigenvalue weighted by atomic mass is 16.4. The van der Waals surface area contributed by atoms with Crippen molar-refractivity contribution in [2.45, 2.75) is 13.0 Å². The standard InChI is InChI=1S/C14H15N3O2/c18-14(19)13-5-1-4-12(17-13)10-16-8-6-11-3-2-7-15-9-11/h1-5,7,9,16H,6,8,10H2,(H,18,19). The van der Waals surface area contributed by atoms with E-state index in [9.17, 15) is 4.79 Å². The minimum Gasteiger partial charge on any atom is -0.477 e. The van der Waals surface area contributed by atoms with E-state index in [1.165, 1.54) is 11.6 Å². The second-order valence-corrected chi connectivity index (χ2v) is 4.11. The molecule has 0 bridgehead atoms. The molecule has 0 aliphatic heterocycles. The summed E-state index contributed by atoms with van der Waals surface area (Å²) in [6.45, 7) is 1.35. The zero-order valence-electron chi connectivity index (χ0n) is 10.4. The summed E-state index contributed by atoms with van der Waals surface area (Å²) in [6.07, 6.45) is 4.47. The molecule has 2 N–H and O–H groups in total. The first-order chi connectivity index (χ1) is 9.25. The maximum atomic E-state index is 10.8. The van der Waals surface area contributed by atoms with E-state index in [1.807, 2.05) is 24.4 Å². The van der Waals surface area contributed by atoms with Crippen LogP contribution in [0.4, 0.5) is 0 Å². The van der Waals surface area contributed by atoms with Crippen molar-refractivity contribution in [3.63, 3.8) is 0 Å². The van der Waals surface area contributed by atoms with Crippen LogP contribution in [0.25, 0.3) is 0 Å². The highest BCUT2D eigenvalue weighted by Crippen LogP contribution is 2.00. The summed E-state index contributed by atoms with van der Waals surface area (Å²) in [6, 6.07) is 8.94. The summed E-state index contributed by atoms with van der Waals surface area (Å²) in [5, 5.41) is 12.1. The van der Waals surface area contributed by atoms with Crippen LogP contribution in [-0.2, 0) is 13.0 Å². The number of hydrogen-bond donors (Lipinski definition) is 2. The minimum absolute atomic E-state index is 0.0755. The molecule has 5 heteroatoms. The highest BCUT2D eigenvalue weighted by Gasteiger charge is 2.04. The number of pyridine rings is 2. The van der Waals surface area contributed by atoms with Crippen molar-refractivity contribution in [1.29, 1.82) is 0 Å². The Bertz CT molecular complexity index is 543. The van der Waals surface area contributed by atoms with Gasteiger partial charge in [-0.15, -0.1) is 0 Å². The molecule has 0 spiro atoms. The van der Waals surface area contributed by atoms with Gasteiger partial charge in [-0.05, 0) is 36.7 Å². The fraction of sp³-hybridized carbons (Fsp3) is 0.214. The number of nitrogens with one attached hydrogen (secondary N) is 1. The average Bonchev–Trinajstić information content (AvgIpc) is 2.45. The first-order valence-electron chi connectivity index (χ1n) is 6.04. The Labute approximate surface area is 111 Å². The number of carboxylic acids is 1. The second-order valence-electron chi connectivity index (χ2n) is 4.11. The van der Waals surface area contributed by atoms with Crippen LogP contribution in [0.1, 0.15) is 21.7 Å². The Morgan fingerprint density at radius 2 is 2.16 bits per heavy atom. The van der Waals surface area contributed by atoms with Gasteiger partial charge in [0.25, 0.3) is 0 Å². The maximum absolute atomic E-state index is 10.8. The van der Waals surface area contributed by atoms with Crippen molar-refractivity contribution in [3.8, 4) is 0 Å². The number of nitrogens with zero attached hydrogens (tertiary/aromatic N) is 2. The third-order valence-electron chi connectivity index (χ3n) is 2.65. The molecular formula is C14H15N3O2. The zero-order chi connectivity index (χ0) is 13.5. The zero-order valence-corrected chi connectivity index (χ0v) is 10.4. The highest BCUT2D eigenvalue weighted by molar-refractivity contribution is 5.85. The molecule has 0 fully saturated rings. The maximum Gasteiger partial charge on any atom is 0.354 e. The van der Waals surface area contributed by atoms with Crippen LogP contribution in [0.15, 0.2) is 42.7 Å². The smallest absolute Gasteiger partial charge is 0.354 e. The Kier molecular flexibility index (Phi) is 4.58. The molecular weight excluding hydrogens is 242 g/mol. The van der Waals surface area contributed by atoms with E-state index >= 15 is 0 Å². The molecule has 0 radical (unpaired) electrons. The molecule has 0 unspecified atom stereocenters. The normalized spacial score (nSPS) is 10.3. The Morgan fingerprint density at radius 1 is 1.26 bits per heavy atom. The van der Waals surface area contributed by atoms with Crippen molar-refractivity contribution in [3.05, 3.63) is 59.7 Å². The van der Waals surface area contributed by atoms with Crippen LogP contribution >= 0.6 is 0 Å². The van der Waals surface area contributed by atoms with Gasteiger partial charge in [-0.25, -0.2) is 9.78 Å². The quantitative estimate of drug-likeness (QED) is 0.767. The summed E-state index contributed by atoms with van der Waals surface area (Å²) in [4.78, 5) is 18.9. The van der Waals surface area contributed by atoms with Gasteiger partial charge in [0.2, 0.25) is 0 Å². The monoisotopic (exact) mass is 257 g/mol. The molecule has 0 saturated carbocycles. The van der Waals surface area contributed by atoms with Gasteiger partial charge in [-0.1, -0.05) is 12.1 Å². The van der Waals surface area contributed by atoms with Crippen LogP contribution in [0.3, 0.4) is 0 Å². The van der Waals surface area contributed by atoms with Crippen LogP contribution in [0, 0.1) is 0 Å². The summed E-state index contributed by atoms with van der Waals surface area (Å²) >= 11 is 0. The van der Waals surface area contributed by atoms with Crippen molar-refractivity contribution in [1.82, 2.24) is 15.3 Å². The molecule has 19 heavy (non-hydrogen) atoms. The number of hydrogen-bond acceptors (Lipinski definition) is 4. The Morgan fingerprint density at radius 3 is 2.89 bits per heavy atom. The lowest BCUT2D eigenvalue weighted by atomic mass is 10.2. The van der Waals surface area contributed by atoms with E-state index in [1.54, 1.807) is 12.3 Å². The average molecular weight is 257 g/mol. The summed E-state index contributed by atoms with van der Waals surface area (Å²) in [5.74, 6) is -1.00. The van der Waals surface area contributed by atoms with Gasteiger partial charge in [0.1, 0.15) is 5.69 Å². The van der Waals surface area contributed by atoms with E-state index < -0.39 is 5.97 Å². The van der Waals surface area contributed by atoms with E-state index in [4.69, 9.17) is 5.11 Å². The van der Waals surface area contributed by atoms with E-state index in [-0.39, 0.29) is 5.69 Å². The van der Waals surface area contributed by atoms with Crippen molar-refractivity contribution >= 4 is 5.97 Å². The molecule has 2 heterocycles. The molecule has 0 aliphatic carbocycles. The number of carbonyl (C=O) groups is 1. The first kappa shape index (κ1) is 13.2. The van der Waals surface area contributed by atoms with Gasteiger partial charge in [0.05, 0.1) is 5.69 Å². The van der Waals surface area contributed by atoms with Gasteiger partial charge in [-0.3, -0.25) is 4.98 Å². The molecule has 0 aliphatic rings. The van der Waals surface area contributed by atoms with Crippen LogP contribution < -0.4 is 5.32 Å². The van der Waals surface area contributed by atoms with Gasteiger partial charge in [0, 0.05) is 18.9 Å². The molecule has 5 nitrogen and oxygen atoms in total. The Hall–Kier alpha value is -2.27. The van der Waals surface area contributed by atoms with E-state index in [0.29, 0.717) is 6.54 Å². The van der Waals surface area contributed by atoms with Gasteiger partial charge < -0.3 is 10.4 Å². The molecule has 98 valence electrons. The summed E-state index contributed by atoms with van der Waals surface area (Å²) in [5.41, 5.74) is 1.97. The van der Waals surface area contributed by atoms with Gasteiger partial charge >= 0.3 is 5.97 Å². The summed E-state index contributed by atoms with van der Waals surface area (Å²) in [7, 11) is 0. The topological polar surface area (TPSA) is 75.1 Å². The minimum atomic E-state index is -1.00. The summed E-state index contributed by atoms with van der Waals surface area (Å²) < 4.78 is 0. The van der Waals surface area contributed by atoms with Crippen LogP contribution in [-0.4, -0.2) is 27.6 Å². The van der Waals surface area contributed by atoms with E-state index in [2.05, 4.69) is 15.3 Å². The number of carboxylic acid groups (broad SMARTS) is 1. The fourth-order valence-corrected chi connectivity index (χ4v) is 1.69. The molecule has 0 aromatic carbocycles. The van der Waals surface area contributed by atoms with Gasteiger partial charge in [-0.2, -0.15) is 0 Å². The number of rotatable bonds is 6. The van der Waals surface area contributed by atoms with Crippen molar-refractivity contribution in [2.75, 3.05) is 6.54 Å². The lowest BCUT2D eigenvalue weighted by molar-refractivity contribution is 0.0690. The predicted octanol–water partition coefficient (Wildman–Crippen LogP) is 1.51. The predicted molar refractivity (Wildman–Crippen MR) is 70.8 cm³/mol. The lowest BCUT2D eigenvalue weighted by Crippen LogP contribution is -2.18. The second kappa shape index (κ2) is 6.61.